The predicted molar refractivity (Wildman–Crippen MR) is 187 cm³/mol. The molecule has 0 saturated carbocycles. The van der Waals surface area contributed by atoms with Crippen LogP contribution in [0, 0.1) is 12.7 Å². The highest BCUT2D eigenvalue weighted by atomic mass is 32.2. The van der Waals surface area contributed by atoms with Crippen molar-refractivity contribution in [3.63, 3.8) is 0 Å². The Kier molecular flexibility index (Phi) is 11.3. The second-order valence-electron chi connectivity index (χ2n) is 11.9. The number of para-hydroxylation sites is 1. The third-order valence-electron chi connectivity index (χ3n) is 8.55. The number of ether oxygens (including phenoxy) is 2. The van der Waals surface area contributed by atoms with Crippen molar-refractivity contribution in [2.45, 2.75) is 30.5 Å². The average molecular weight is 745 g/mol. The molecule has 2 N–H and O–H groups in total. The molecule has 1 unspecified atom stereocenters. The van der Waals surface area contributed by atoms with Crippen molar-refractivity contribution < 1.29 is 49.9 Å². The van der Waals surface area contributed by atoms with Gasteiger partial charge >= 0.3 is 12.1 Å². The highest BCUT2D eigenvalue weighted by Gasteiger charge is 2.40. The molecule has 2 aliphatic rings. The van der Waals surface area contributed by atoms with Crippen molar-refractivity contribution in [2.75, 3.05) is 50.2 Å². The molecule has 11 nitrogen and oxygen atoms in total. The first kappa shape index (κ1) is 37.9. The van der Waals surface area contributed by atoms with Crippen molar-refractivity contribution in [3.05, 3.63) is 107 Å². The fraction of sp³-hybridized carbons (Fsp3) is 0.278. The van der Waals surface area contributed by atoms with E-state index in [1.54, 1.807) is 25.3 Å². The lowest BCUT2D eigenvalue weighted by atomic mass is 9.96. The van der Waals surface area contributed by atoms with Crippen LogP contribution in [0.25, 0.3) is 0 Å². The smallest absolute Gasteiger partial charge is 0.416 e. The molecule has 0 aliphatic carbocycles. The number of hydrogen-bond donors (Lipinski definition) is 2. The number of nitrogens with zero attached hydrogens (tertiary/aromatic N) is 4. The number of guanidine groups is 1. The Labute approximate surface area is 298 Å². The van der Waals surface area contributed by atoms with Gasteiger partial charge in [-0.3, -0.25) is 9.35 Å². The third kappa shape index (κ3) is 8.57. The van der Waals surface area contributed by atoms with Crippen molar-refractivity contribution in [1.82, 2.24) is 4.90 Å². The van der Waals surface area contributed by atoms with E-state index in [4.69, 9.17) is 14.0 Å². The minimum Gasteiger partial charge on any atom is -0.497 e. The third-order valence-corrected chi connectivity index (χ3v) is 9.42. The number of aryl methyl sites for hydroxylation is 1. The van der Waals surface area contributed by atoms with E-state index in [2.05, 4.69) is 9.89 Å². The minimum absolute atomic E-state index is 0.0162. The number of hydrogen-bond acceptors (Lipinski definition) is 9. The highest BCUT2D eigenvalue weighted by molar-refractivity contribution is 7.85. The molecule has 2 aliphatic heterocycles. The SMILES string of the molecule is COc1cccc(N2CCN(C3=Nc4c(F)cccc4C(CC(=O)O)N3c3cc(C(F)(F)F)ccc3OC)CC2)c1.Cc1ccc(S(=O)(=O)O)cc1. The van der Waals surface area contributed by atoms with E-state index in [9.17, 15) is 31.5 Å². The van der Waals surface area contributed by atoms with E-state index >= 15 is 4.39 Å². The molecule has 0 aromatic heterocycles. The van der Waals surface area contributed by atoms with E-state index < -0.39 is 46.1 Å². The van der Waals surface area contributed by atoms with Crippen LogP contribution in [0.1, 0.15) is 29.2 Å². The molecule has 16 heteroatoms. The van der Waals surface area contributed by atoms with Gasteiger partial charge in [0.05, 0.1) is 42.8 Å². The van der Waals surface area contributed by atoms with Crippen LogP contribution in [0.2, 0.25) is 0 Å². The number of aliphatic imine (C=N–C) groups is 1. The van der Waals surface area contributed by atoms with Crippen LogP contribution in [0.3, 0.4) is 0 Å². The Bertz CT molecular complexity index is 2050. The predicted octanol–water partition coefficient (Wildman–Crippen LogP) is 6.95. The Morgan fingerprint density at radius 2 is 1.56 bits per heavy atom. The van der Waals surface area contributed by atoms with Crippen molar-refractivity contribution >= 4 is 39.1 Å². The van der Waals surface area contributed by atoms with Gasteiger partial charge in [0, 0.05) is 43.5 Å². The molecule has 0 radical (unpaired) electrons. The van der Waals surface area contributed by atoms with Crippen LogP contribution in [0.15, 0.2) is 94.8 Å². The number of carboxylic acids is 1. The first-order valence-electron chi connectivity index (χ1n) is 15.9. The molecule has 1 saturated heterocycles. The summed E-state index contributed by atoms with van der Waals surface area (Å²) in [7, 11) is -1.12. The summed E-state index contributed by atoms with van der Waals surface area (Å²) in [5.41, 5.74) is 1.16. The first-order chi connectivity index (χ1) is 24.6. The molecule has 0 spiro atoms. The lowest BCUT2D eigenvalue weighted by Gasteiger charge is -2.45. The van der Waals surface area contributed by atoms with Crippen LogP contribution in [0.4, 0.5) is 34.6 Å². The topological polar surface area (TPSA) is 132 Å². The molecule has 4 aromatic rings. The summed E-state index contributed by atoms with van der Waals surface area (Å²) in [6.45, 7) is 3.66. The fourth-order valence-electron chi connectivity index (χ4n) is 5.95. The lowest BCUT2D eigenvalue weighted by molar-refractivity contribution is -0.138. The quantitative estimate of drug-likeness (QED) is 0.151. The number of rotatable bonds is 7. The molecule has 0 bridgehead atoms. The largest absolute Gasteiger partial charge is 0.497 e. The van der Waals surface area contributed by atoms with Gasteiger partial charge in [-0.25, -0.2) is 9.38 Å². The monoisotopic (exact) mass is 744 g/mol. The second-order valence-corrected chi connectivity index (χ2v) is 13.3. The first-order valence-corrected chi connectivity index (χ1v) is 17.4. The fourth-order valence-corrected chi connectivity index (χ4v) is 6.43. The number of fused-ring (bicyclic) bond motifs is 1. The van der Waals surface area contributed by atoms with Crippen LogP contribution in [-0.2, 0) is 21.1 Å². The molecule has 276 valence electrons. The van der Waals surface area contributed by atoms with E-state index in [0.717, 1.165) is 23.4 Å². The second kappa shape index (κ2) is 15.5. The maximum Gasteiger partial charge on any atom is 0.416 e. The molecular weight excluding hydrogens is 708 g/mol. The van der Waals surface area contributed by atoms with Gasteiger partial charge in [-0.05, 0) is 55.5 Å². The van der Waals surface area contributed by atoms with Gasteiger partial charge in [0.1, 0.15) is 23.0 Å². The zero-order chi connectivity index (χ0) is 37.8. The molecular formula is C36H36F4N4O7S. The zero-order valence-corrected chi connectivity index (χ0v) is 29.2. The van der Waals surface area contributed by atoms with Crippen LogP contribution in [0.5, 0.6) is 11.5 Å². The maximum atomic E-state index is 15.1. The van der Waals surface area contributed by atoms with Crippen molar-refractivity contribution in [1.29, 1.82) is 0 Å². The standard InChI is InChI=1S/C29H28F4N4O4.C7H8O3S/c1-40-20-6-3-5-19(16-20)35-11-13-36(14-12-35)28-34-27-21(7-4-8-22(27)30)23(17-26(38)39)37(28)24-15-18(29(31,32)33)9-10-25(24)41-2;1-6-2-4-7(5-3-6)11(8,9)10/h3-10,15-16,23H,11-14,17H2,1-2H3,(H,38,39);2-5H,1H3,(H,8,9,10). The molecule has 4 aromatic carbocycles. The van der Waals surface area contributed by atoms with E-state index in [1.807, 2.05) is 36.1 Å². The highest BCUT2D eigenvalue weighted by Crippen LogP contribution is 2.46. The summed E-state index contributed by atoms with van der Waals surface area (Å²) < 4.78 is 96.9. The Balaban J connectivity index is 0.000000407. The number of piperazine rings is 1. The van der Waals surface area contributed by atoms with Gasteiger partial charge in [-0.2, -0.15) is 21.6 Å². The van der Waals surface area contributed by atoms with Crippen LogP contribution >= 0.6 is 0 Å². The van der Waals surface area contributed by atoms with Gasteiger partial charge in [0.2, 0.25) is 5.96 Å². The lowest BCUT2D eigenvalue weighted by Crippen LogP contribution is -2.55. The Morgan fingerprint density at radius 1 is 0.904 bits per heavy atom. The number of methoxy groups -OCH3 is 2. The molecule has 1 fully saturated rings. The van der Waals surface area contributed by atoms with E-state index in [1.165, 1.54) is 42.3 Å². The minimum atomic E-state index is -4.66. The summed E-state index contributed by atoms with van der Waals surface area (Å²) in [5, 5.41) is 9.83. The van der Waals surface area contributed by atoms with Crippen molar-refractivity contribution in [2.24, 2.45) is 4.99 Å². The number of alkyl halides is 3. The molecule has 1 atom stereocenters. The number of halogens is 4. The Morgan fingerprint density at radius 3 is 2.15 bits per heavy atom. The van der Waals surface area contributed by atoms with Crippen molar-refractivity contribution in [3.8, 4) is 11.5 Å². The molecule has 2 heterocycles. The summed E-state index contributed by atoms with van der Waals surface area (Å²) in [4.78, 5) is 22.0. The van der Waals surface area contributed by atoms with Gasteiger partial charge in [0.15, 0.2) is 0 Å². The van der Waals surface area contributed by atoms with Gasteiger partial charge in [-0.15, -0.1) is 0 Å². The summed E-state index contributed by atoms with van der Waals surface area (Å²) in [6.07, 6.45) is -5.18. The summed E-state index contributed by atoms with van der Waals surface area (Å²) in [6, 6.07) is 19.7. The average Bonchev–Trinajstić information content (AvgIpc) is 3.11. The number of benzene rings is 4. The number of carbonyl (C=O) groups is 1. The Hall–Kier alpha value is -5.35. The van der Waals surface area contributed by atoms with Crippen LogP contribution in [-0.4, -0.2) is 75.3 Å². The van der Waals surface area contributed by atoms with Gasteiger partial charge in [-0.1, -0.05) is 35.9 Å². The summed E-state index contributed by atoms with van der Waals surface area (Å²) >= 11 is 0. The molecule has 52 heavy (non-hydrogen) atoms. The normalized spacial score (nSPS) is 16.0. The van der Waals surface area contributed by atoms with Crippen LogP contribution < -0.4 is 19.3 Å². The van der Waals surface area contributed by atoms with E-state index in [0.29, 0.717) is 31.9 Å². The van der Waals surface area contributed by atoms with E-state index in [-0.39, 0.29) is 33.5 Å². The maximum absolute atomic E-state index is 15.1. The zero-order valence-electron chi connectivity index (χ0n) is 28.3. The number of aliphatic carboxylic acids is 1. The number of anilines is 2. The summed E-state index contributed by atoms with van der Waals surface area (Å²) in [5.74, 6) is -0.910. The molecule has 0 amide bonds. The van der Waals surface area contributed by atoms with Gasteiger partial charge in [0.25, 0.3) is 10.1 Å². The van der Waals surface area contributed by atoms with Gasteiger partial charge < -0.3 is 29.3 Å². The molecule has 6 rings (SSSR count). The number of carboxylic acid groups (broad SMARTS) is 1.